The number of fused-ring (bicyclic) bond motifs is 1. The van der Waals surface area contributed by atoms with Crippen LogP contribution in [0.3, 0.4) is 0 Å². The molecular formula is C20H25ClN6O. The van der Waals surface area contributed by atoms with Gasteiger partial charge in [-0.25, -0.2) is 4.98 Å². The molecule has 8 heteroatoms. The Labute approximate surface area is 169 Å². The largest absolute Gasteiger partial charge is 0.331 e. The molecule has 2 aliphatic rings. The summed E-state index contributed by atoms with van der Waals surface area (Å²) in [5, 5.41) is 7.17. The van der Waals surface area contributed by atoms with Gasteiger partial charge in [-0.15, -0.1) is 0 Å². The first-order chi connectivity index (χ1) is 13.6. The number of hydrogen-bond acceptors (Lipinski definition) is 4. The van der Waals surface area contributed by atoms with Crippen molar-refractivity contribution < 1.29 is 0 Å². The van der Waals surface area contributed by atoms with Crippen LogP contribution in [0.2, 0.25) is 5.02 Å². The smallest absolute Gasteiger partial charge is 0.257 e. The van der Waals surface area contributed by atoms with Gasteiger partial charge in [0, 0.05) is 23.3 Å². The van der Waals surface area contributed by atoms with Crippen molar-refractivity contribution in [3.8, 4) is 0 Å². The lowest BCUT2D eigenvalue weighted by Gasteiger charge is -2.31. The van der Waals surface area contributed by atoms with Gasteiger partial charge in [0.1, 0.15) is 6.17 Å². The fraction of sp³-hybridized carbons (Fsp3) is 0.450. The van der Waals surface area contributed by atoms with Gasteiger partial charge < -0.3 is 10.2 Å². The third-order valence-electron chi connectivity index (χ3n) is 5.16. The maximum Gasteiger partial charge on any atom is 0.257 e. The molecule has 1 aromatic carbocycles. The Hall–Kier alpha value is -2.38. The highest BCUT2D eigenvalue weighted by atomic mass is 35.5. The molecule has 0 bridgehead atoms. The lowest BCUT2D eigenvalue weighted by molar-refractivity contribution is 0.235. The summed E-state index contributed by atoms with van der Waals surface area (Å²) in [6, 6.07) is 8.99. The molecule has 1 atom stereocenters. The number of aliphatic imine (C=N–C) groups is 1. The molecule has 0 amide bonds. The van der Waals surface area contributed by atoms with E-state index >= 15 is 0 Å². The van der Waals surface area contributed by atoms with E-state index in [9.17, 15) is 4.79 Å². The molecule has 1 saturated heterocycles. The fourth-order valence-corrected chi connectivity index (χ4v) is 3.85. The third-order valence-corrected chi connectivity index (χ3v) is 5.41. The Morgan fingerprint density at radius 2 is 1.96 bits per heavy atom. The molecule has 2 aromatic rings. The van der Waals surface area contributed by atoms with Crippen molar-refractivity contribution in [2.75, 3.05) is 31.5 Å². The summed E-state index contributed by atoms with van der Waals surface area (Å²) in [4.78, 5) is 24.3. The first kappa shape index (κ1) is 19.0. The molecule has 1 unspecified atom stereocenters. The number of halogens is 1. The third kappa shape index (κ3) is 4.20. The summed E-state index contributed by atoms with van der Waals surface area (Å²) in [5.74, 6) is 1.13. The second-order valence-electron chi connectivity index (χ2n) is 7.29. The van der Waals surface area contributed by atoms with Crippen LogP contribution in [0.4, 0.5) is 5.95 Å². The van der Waals surface area contributed by atoms with Gasteiger partial charge in [0.15, 0.2) is 5.96 Å². The highest BCUT2D eigenvalue weighted by Gasteiger charge is 2.26. The Morgan fingerprint density at radius 3 is 2.71 bits per heavy atom. The number of benzene rings is 1. The normalized spacial score (nSPS) is 21.1. The van der Waals surface area contributed by atoms with E-state index in [1.54, 1.807) is 4.57 Å². The number of aromatic nitrogens is 2. The quantitative estimate of drug-likeness (QED) is 0.825. The average molecular weight is 401 g/mol. The van der Waals surface area contributed by atoms with Gasteiger partial charge in [-0.1, -0.05) is 30.2 Å². The van der Waals surface area contributed by atoms with E-state index in [-0.39, 0.29) is 11.7 Å². The highest BCUT2D eigenvalue weighted by Crippen LogP contribution is 2.23. The molecule has 7 nitrogen and oxygen atoms in total. The van der Waals surface area contributed by atoms with Crippen LogP contribution in [-0.4, -0.2) is 46.6 Å². The van der Waals surface area contributed by atoms with Gasteiger partial charge in [-0.3, -0.25) is 19.7 Å². The molecule has 0 aliphatic carbocycles. The van der Waals surface area contributed by atoms with Crippen LogP contribution in [0.5, 0.6) is 0 Å². The second kappa shape index (κ2) is 8.32. The molecule has 28 heavy (non-hydrogen) atoms. The monoisotopic (exact) mass is 400 g/mol. The van der Waals surface area contributed by atoms with Crippen molar-refractivity contribution in [3.63, 3.8) is 0 Å². The summed E-state index contributed by atoms with van der Waals surface area (Å²) in [6.07, 6.45) is 3.48. The molecular weight excluding hydrogens is 376 g/mol. The van der Waals surface area contributed by atoms with Crippen molar-refractivity contribution in [1.29, 1.82) is 0 Å². The molecule has 148 valence electrons. The van der Waals surface area contributed by atoms with Crippen LogP contribution in [0, 0.1) is 6.92 Å². The van der Waals surface area contributed by atoms with E-state index in [1.165, 1.54) is 25.3 Å². The fourth-order valence-electron chi connectivity index (χ4n) is 3.73. The van der Waals surface area contributed by atoms with Crippen LogP contribution in [0.15, 0.2) is 40.1 Å². The molecule has 2 N–H and O–H groups in total. The Bertz CT molecular complexity index is 917. The number of nitrogens with zero attached hydrogens (tertiary/aromatic N) is 4. The van der Waals surface area contributed by atoms with Crippen molar-refractivity contribution in [2.45, 2.75) is 32.4 Å². The predicted molar refractivity (Wildman–Crippen MR) is 112 cm³/mol. The SMILES string of the molecule is Cc1cc(=O)n2c(n1)NC(=NCCN1CCCCC1)NC2c1ccc(Cl)cc1. The lowest BCUT2D eigenvalue weighted by atomic mass is 10.1. The number of aryl methyl sites for hydroxylation is 1. The number of nitrogens with one attached hydrogen (secondary N) is 2. The molecule has 1 aromatic heterocycles. The molecule has 2 aliphatic heterocycles. The van der Waals surface area contributed by atoms with Crippen molar-refractivity contribution >= 4 is 23.5 Å². The van der Waals surface area contributed by atoms with Gasteiger partial charge in [-0.2, -0.15) is 0 Å². The second-order valence-corrected chi connectivity index (χ2v) is 7.72. The van der Waals surface area contributed by atoms with Crippen LogP contribution in [-0.2, 0) is 0 Å². The minimum atomic E-state index is -0.386. The van der Waals surface area contributed by atoms with Crippen molar-refractivity contribution in [1.82, 2.24) is 19.8 Å². The summed E-state index contributed by atoms with van der Waals surface area (Å²) in [7, 11) is 0. The van der Waals surface area contributed by atoms with Crippen LogP contribution in [0.25, 0.3) is 0 Å². The van der Waals surface area contributed by atoms with E-state index in [1.807, 2.05) is 31.2 Å². The van der Waals surface area contributed by atoms with Gasteiger partial charge >= 0.3 is 0 Å². The standard InChI is InChI=1S/C20H25ClN6O/c1-14-13-17(28)27-18(15-5-7-16(21)8-6-15)24-19(25-20(27)23-14)22-9-12-26-10-3-2-4-11-26/h5-8,13,18H,2-4,9-12H2,1H3,(H2,22,23,24,25). The van der Waals surface area contributed by atoms with Crippen molar-refractivity contribution in [3.05, 3.63) is 57.0 Å². The highest BCUT2D eigenvalue weighted by molar-refractivity contribution is 6.30. The number of anilines is 1. The van der Waals surface area contributed by atoms with Gasteiger partial charge in [-0.05, 0) is 50.6 Å². The summed E-state index contributed by atoms with van der Waals surface area (Å²) in [5.41, 5.74) is 1.48. The predicted octanol–water partition coefficient (Wildman–Crippen LogP) is 2.61. The van der Waals surface area contributed by atoms with Crippen LogP contribution in [0.1, 0.15) is 36.7 Å². The molecule has 0 saturated carbocycles. The van der Waals surface area contributed by atoms with Crippen molar-refractivity contribution in [2.24, 2.45) is 4.99 Å². The van der Waals surface area contributed by atoms with E-state index in [0.717, 1.165) is 25.2 Å². The summed E-state index contributed by atoms with van der Waals surface area (Å²) >= 11 is 6.03. The summed E-state index contributed by atoms with van der Waals surface area (Å²) in [6.45, 7) is 5.75. The Kier molecular flexibility index (Phi) is 5.64. The van der Waals surface area contributed by atoms with Gasteiger partial charge in [0.25, 0.3) is 5.56 Å². The minimum absolute atomic E-state index is 0.116. The molecule has 3 heterocycles. The topological polar surface area (TPSA) is 74.5 Å². The maximum absolute atomic E-state index is 12.6. The molecule has 4 rings (SSSR count). The number of rotatable bonds is 4. The van der Waals surface area contributed by atoms with Gasteiger partial charge in [0.05, 0.1) is 6.54 Å². The molecule has 1 fully saturated rings. The van der Waals surface area contributed by atoms with Gasteiger partial charge in [0.2, 0.25) is 5.95 Å². The minimum Gasteiger partial charge on any atom is -0.331 e. The molecule has 0 radical (unpaired) electrons. The number of piperidine rings is 1. The van der Waals surface area contributed by atoms with E-state index in [0.29, 0.717) is 29.2 Å². The summed E-state index contributed by atoms with van der Waals surface area (Å²) < 4.78 is 1.61. The van der Waals surface area contributed by atoms with E-state index in [4.69, 9.17) is 16.6 Å². The Morgan fingerprint density at radius 1 is 1.21 bits per heavy atom. The zero-order chi connectivity index (χ0) is 19.5. The number of guanidine groups is 1. The first-order valence-electron chi connectivity index (χ1n) is 9.76. The zero-order valence-corrected chi connectivity index (χ0v) is 16.7. The maximum atomic E-state index is 12.6. The zero-order valence-electron chi connectivity index (χ0n) is 16.0. The van der Waals surface area contributed by atoms with Crippen LogP contribution >= 0.6 is 11.6 Å². The van der Waals surface area contributed by atoms with E-state index in [2.05, 4.69) is 20.5 Å². The molecule has 0 spiro atoms. The Balaban J connectivity index is 1.59. The van der Waals surface area contributed by atoms with E-state index < -0.39 is 0 Å². The first-order valence-corrected chi connectivity index (χ1v) is 10.1. The number of likely N-dealkylation sites (tertiary alicyclic amines) is 1. The average Bonchev–Trinajstić information content (AvgIpc) is 2.68. The number of hydrogen-bond donors (Lipinski definition) is 2. The van der Waals surface area contributed by atoms with Crippen LogP contribution < -0.4 is 16.2 Å². The lowest BCUT2D eigenvalue weighted by Crippen LogP contribution is -2.48.